The Morgan fingerprint density at radius 2 is 1.86 bits per heavy atom. The minimum atomic E-state index is -0.828. The lowest BCUT2D eigenvalue weighted by molar-refractivity contribution is -0.137. The fourth-order valence-corrected chi connectivity index (χ4v) is 2.65. The van der Waals surface area contributed by atoms with Crippen LogP contribution in [0, 0.1) is 0 Å². The summed E-state index contributed by atoms with van der Waals surface area (Å²) in [5, 5.41) is 11.5. The Bertz CT molecular complexity index is 900. The molecule has 0 unspecified atom stereocenters. The van der Waals surface area contributed by atoms with Gasteiger partial charge in [-0.1, -0.05) is 24.3 Å². The van der Waals surface area contributed by atoms with E-state index in [1.165, 1.54) is 0 Å². The van der Waals surface area contributed by atoms with Gasteiger partial charge >= 0.3 is 5.97 Å². The van der Waals surface area contributed by atoms with Gasteiger partial charge in [0.1, 0.15) is 11.3 Å². The Morgan fingerprint density at radius 3 is 2.61 bits per heavy atom. The molecule has 0 fully saturated rings. The number of aromatic nitrogens is 1. The molecule has 0 radical (unpaired) electrons. The number of nitrogens with one attached hydrogen (secondary N) is 1. The van der Waals surface area contributed by atoms with Gasteiger partial charge in [0.05, 0.1) is 6.61 Å². The van der Waals surface area contributed by atoms with Crippen LogP contribution >= 0.6 is 0 Å². The predicted octanol–water partition coefficient (Wildman–Crippen LogP) is 3.32. The van der Waals surface area contributed by atoms with Crippen LogP contribution in [0.25, 0.3) is 11.1 Å². The zero-order chi connectivity index (χ0) is 19.8. The number of amides is 1. The highest BCUT2D eigenvalue weighted by atomic mass is 16.5. The predicted molar refractivity (Wildman–Crippen MR) is 103 cm³/mol. The summed E-state index contributed by atoms with van der Waals surface area (Å²) in [5.41, 5.74) is 2.47. The van der Waals surface area contributed by atoms with Crippen molar-refractivity contribution in [3.63, 3.8) is 0 Å². The molecule has 7 heteroatoms. The number of carbonyl (C=O) groups is 2. The number of carboxylic acid groups (broad SMARTS) is 1. The Hall–Kier alpha value is -3.35. The molecule has 0 saturated heterocycles. The summed E-state index contributed by atoms with van der Waals surface area (Å²) in [6.45, 7) is 0.782. The summed E-state index contributed by atoms with van der Waals surface area (Å²) >= 11 is 0. The van der Waals surface area contributed by atoms with E-state index in [0.29, 0.717) is 44.1 Å². The highest BCUT2D eigenvalue weighted by molar-refractivity contribution is 5.76. The van der Waals surface area contributed by atoms with Crippen LogP contribution in [0.1, 0.15) is 30.7 Å². The van der Waals surface area contributed by atoms with Crippen molar-refractivity contribution in [2.45, 2.75) is 32.2 Å². The summed E-state index contributed by atoms with van der Waals surface area (Å²) in [6.07, 6.45) is 1.31. The number of ether oxygens (including phenoxy) is 1. The molecule has 0 spiro atoms. The van der Waals surface area contributed by atoms with Gasteiger partial charge in [-0.2, -0.15) is 0 Å². The normalized spacial score (nSPS) is 10.7. The van der Waals surface area contributed by atoms with Crippen molar-refractivity contribution in [3.05, 3.63) is 60.0 Å². The van der Waals surface area contributed by atoms with E-state index >= 15 is 0 Å². The van der Waals surface area contributed by atoms with Crippen molar-refractivity contribution >= 4 is 23.0 Å². The van der Waals surface area contributed by atoms with Crippen LogP contribution in [0.3, 0.4) is 0 Å². The van der Waals surface area contributed by atoms with Crippen LogP contribution in [0.5, 0.6) is 5.75 Å². The van der Waals surface area contributed by atoms with Crippen LogP contribution in [0.4, 0.5) is 0 Å². The van der Waals surface area contributed by atoms with Crippen molar-refractivity contribution < 1.29 is 23.8 Å². The van der Waals surface area contributed by atoms with Crippen LogP contribution in [0.2, 0.25) is 0 Å². The van der Waals surface area contributed by atoms with E-state index in [2.05, 4.69) is 10.3 Å². The molecule has 1 amide bonds. The monoisotopic (exact) mass is 382 g/mol. The number of fused-ring (bicyclic) bond motifs is 1. The SMILES string of the molecule is O=C(O)CCCOc1ccc(CNC(=O)CCc2nc3ccccc3o2)cc1. The number of carboxylic acids is 1. The van der Waals surface area contributed by atoms with Gasteiger partial charge in [0.15, 0.2) is 11.5 Å². The largest absolute Gasteiger partial charge is 0.494 e. The maximum absolute atomic E-state index is 12.0. The van der Waals surface area contributed by atoms with Gasteiger partial charge in [0.25, 0.3) is 0 Å². The number of nitrogens with zero attached hydrogens (tertiary/aromatic N) is 1. The minimum absolute atomic E-state index is 0.0729. The molecule has 3 rings (SSSR count). The number of hydrogen-bond donors (Lipinski definition) is 2. The van der Waals surface area contributed by atoms with Crippen molar-refractivity contribution in [3.8, 4) is 5.75 Å². The molecule has 0 saturated carbocycles. The van der Waals surface area contributed by atoms with E-state index in [1.807, 2.05) is 36.4 Å². The second-order valence-electron chi connectivity index (χ2n) is 6.34. The van der Waals surface area contributed by atoms with Crippen LogP contribution < -0.4 is 10.1 Å². The van der Waals surface area contributed by atoms with Crippen LogP contribution in [-0.4, -0.2) is 28.6 Å². The van der Waals surface area contributed by atoms with E-state index in [0.717, 1.165) is 16.7 Å². The summed E-state index contributed by atoms with van der Waals surface area (Å²) in [7, 11) is 0. The van der Waals surface area contributed by atoms with Gasteiger partial charge < -0.3 is 19.6 Å². The van der Waals surface area contributed by atoms with Gasteiger partial charge in [-0.25, -0.2) is 4.98 Å². The maximum Gasteiger partial charge on any atom is 0.303 e. The number of benzene rings is 2. The van der Waals surface area contributed by atoms with Gasteiger partial charge in [-0.05, 0) is 36.2 Å². The molecule has 0 aliphatic carbocycles. The molecule has 2 N–H and O–H groups in total. The average Bonchev–Trinajstić information content (AvgIpc) is 3.12. The molecule has 0 aliphatic rings. The highest BCUT2D eigenvalue weighted by Gasteiger charge is 2.08. The fraction of sp³-hybridized carbons (Fsp3) is 0.286. The molecule has 7 nitrogen and oxygen atoms in total. The molecule has 0 bridgehead atoms. The lowest BCUT2D eigenvalue weighted by Crippen LogP contribution is -2.23. The Balaban J connectivity index is 1.38. The number of rotatable bonds is 10. The van der Waals surface area contributed by atoms with Crippen LogP contribution in [0.15, 0.2) is 52.9 Å². The third-order valence-electron chi connectivity index (χ3n) is 4.12. The molecular formula is C21H22N2O5. The zero-order valence-corrected chi connectivity index (χ0v) is 15.4. The summed E-state index contributed by atoms with van der Waals surface area (Å²) in [4.78, 5) is 26.9. The number of aryl methyl sites for hydroxylation is 1. The van der Waals surface area contributed by atoms with Crippen LogP contribution in [-0.2, 0) is 22.6 Å². The second-order valence-corrected chi connectivity index (χ2v) is 6.34. The first-order chi connectivity index (χ1) is 13.6. The third kappa shape index (κ3) is 5.84. The van der Waals surface area contributed by atoms with Crippen molar-refractivity contribution in [1.82, 2.24) is 10.3 Å². The summed E-state index contributed by atoms with van der Waals surface area (Å²) in [6, 6.07) is 14.9. The molecule has 0 atom stereocenters. The van der Waals surface area contributed by atoms with Gasteiger partial charge in [-0.3, -0.25) is 9.59 Å². The van der Waals surface area contributed by atoms with Gasteiger partial charge in [0, 0.05) is 25.8 Å². The van der Waals surface area contributed by atoms with Crippen molar-refractivity contribution in [2.75, 3.05) is 6.61 Å². The number of carbonyl (C=O) groups excluding carboxylic acids is 1. The Kier molecular flexibility index (Phi) is 6.62. The number of oxazole rings is 1. The fourth-order valence-electron chi connectivity index (χ4n) is 2.65. The molecule has 0 aliphatic heterocycles. The van der Waals surface area contributed by atoms with Crippen molar-refractivity contribution in [2.24, 2.45) is 0 Å². The molecule has 1 heterocycles. The Morgan fingerprint density at radius 1 is 1.07 bits per heavy atom. The smallest absolute Gasteiger partial charge is 0.303 e. The Labute approximate surface area is 162 Å². The standard InChI is InChI=1S/C21H22N2O5/c24-19(11-12-20-23-17-4-1-2-5-18(17)28-20)22-14-15-7-9-16(10-8-15)27-13-3-6-21(25)26/h1-2,4-5,7-10H,3,6,11-14H2,(H,22,24)(H,25,26). The molecular weight excluding hydrogens is 360 g/mol. The maximum atomic E-state index is 12.0. The van der Waals surface area contributed by atoms with E-state index in [1.54, 1.807) is 12.1 Å². The molecule has 28 heavy (non-hydrogen) atoms. The van der Waals surface area contributed by atoms with E-state index < -0.39 is 5.97 Å². The van der Waals surface area contributed by atoms with E-state index in [4.69, 9.17) is 14.3 Å². The molecule has 146 valence electrons. The van der Waals surface area contributed by atoms with Gasteiger partial charge in [-0.15, -0.1) is 0 Å². The lowest BCUT2D eigenvalue weighted by atomic mass is 10.2. The number of aliphatic carboxylic acids is 1. The third-order valence-corrected chi connectivity index (χ3v) is 4.12. The molecule has 3 aromatic rings. The number of para-hydroxylation sites is 2. The average molecular weight is 382 g/mol. The van der Waals surface area contributed by atoms with Gasteiger partial charge in [0.2, 0.25) is 5.91 Å². The first kappa shape index (κ1) is 19.4. The summed E-state index contributed by atoms with van der Waals surface area (Å²) in [5.74, 6) is 0.333. The molecule has 1 aromatic heterocycles. The quantitative estimate of drug-likeness (QED) is 0.522. The topological polar surface area (TPSA) is 102 Å². The van der Waals surface area contributed by atoms with E-state index in [-0.39, 0.29) is 12.3 Å². The summed E-state index contributed by atoms with van der Waals surface area (Å²) < 4.78 is 11.1. The first-order valence-electron chi connectivity index (χ1n) is 9.15. The zero-order valence-electron chi connectivity index (χ0n) is 15.4. The first-order valence-corrected chi connectivity index (χ1v) is 9.15. The second kappa shape index (κ2) is 9.55. The highest BCUT2D eigenvalue weighted by Crippen LogP contribution is 2.16. The number of hydrogen-bond acceptors (Lipinski definition) is 5. The molecule has 2 aromatic carbocycles. The van der Waals surface area contributed by atoms with E-state index in [9.17, 15) is 9.59 Å². The minimum Gasteiger partial charge on any atom is -0.494 e. The lowest BCUT2D eigenvalue weighted by Gasteiger charge is -2.07. The van der Waals surface area contributed by atoms with Crippen molar-refractivity contribution in [1.29, 1.82) is 0 Å².